The molecule has 1 aromatic carbocycles. The summed E-state index contributed by atoms with van der Waals surface area (Å²) >= 11 is 0. The standard InChI is InChI=1S/C17H13N7O3/c25-17(11-3-1-4-13(7-11)24-10-18-21-22-24)23-8-12(9-23)16-19-15(20-27-16)14-5-2-6-26-14/h1-7,10,12H,8-9H2. The summed E-state index contributed by atoms with van der Waals surface area (Å²) in [6, 6.07) is 10.7. The Balaban J connectivity index is 1.27. The zero-order chi connectivity index (χ0) is 18.2. The summed E-state index contributed by atoms with van der Waals surface area (Å²) < 4.78 is 12.1. The van der Waals surface area contributed by atoms with Gasteiger partial charge in [0, 0.05) is 18.7 Å². The first-order valence-corrected chi connectivity index (χ1v) is 8.28. The molecule has 1 amide bonds. The molecule has 10 heteroatoms. The Bertz CT molecular complexity index is 1070. The SMILES string of the molecule is O=C(c1cccc(-n2cnnn2)c1)N1CC(c2nc(-c3ccco3)no2)C1. The van der Waals surface area contributed by atoms with E-state index >= 15 is 0 Å². The van der Waals surface area contributed by atoms with E-state index in [1.54, 1.807) is 41.5 Å². The first kappa shape index (κ1) is 15.4. The number of hydrogen-bond donors (Lipinski definition) is 0. The van der Waals surface area contributed by atoms with Crippen LogP contribution in [0.4, 0.5) is 0 Å². The lowest BCUT2D eigenvalue weighted by Gasteiger charge is -2.37. The van der Waals surface area contributed by atoms with Crippen LogP contribution in [-0.2, 0) is 0 Å². The largest absolute Gasteiger partial charge is 0.461 e. The van der Waals surface area contributed by atoms with Gasteiger partial charge in [-0.1, -0.05) is 11.2 Å². The van der Waals surface area contributed by atoms with Gasteiger partial charge in [0.1, 0.15) is 6.33 Å². The second-order valence-corrected chi connectivity index (χ2v) is 6.15. The van der Waals surface area contributed by atoms with Crippen molar-refractivity contribution in [3.05, 3.63) is 60.4 Å². The molecule has 27 heavy (non-hydrogen) atoms. The van der Waals surface area contributed by atoms with Crippen molar-refractivity contribution in [2.75, 3.05) is 13.1 Å². The fourth-order valence-electron chi connectivity index (χ4n) is 2.95. The molecule has 134 valence electrons. The number of nitrogens with zero attached hydrogens (tertiary/aromatic N) is 7. The minimum atomic E-state index is -0.0630. The molecule has 4 heterocycles. The third kappa shape index (κ3) is 2.76. The Labute approximate surface area is 152 Å². The van der Waals surface area contributed by atoms with E-state index in [4.69, 9.17) is 8.94 Å². The minimum absolute atomic E-state index is 0.0212. The topological polar surface area (TPSA) is 116 Å². The molecule has 1 saturated heterocycles. The van der Waals surface area contributed by atoms with E-state index in [9.17, 15) is 4.79 Å². The van der Waals surface area contributed by atoms with Crippen LogP contribution in [0.25, 0.3) is 17.3 Å². The van der Waals surface area contributed by atoms with Crippen LogP contribution in [0.15, 0.2) is 57.9 Å². The molecule has 1 fully saturated rings. The molecule has 1 aliphatic rings. The van der Waals surface area contributed by atoms with Gasteiger partial charge in [-0.25, -0.2) is 4.68 Å². The number of carbonyl (C=O) groups is 1. The van der Waals surface area contributed by atoms with Gasteiger partial charge in [-0.3, -0.25) is 4.79 Å². The maximum atomic E-state index is 12.7. The fraction of sp³-hybridized carbons (Fsp3) is 0.176. The van der Waals surface area contributed by atoms with E-state index in [1.165, 1.54) is 11.0 Å². The molecule has 0 bridgehead atoms. The molecule has 0 radical (unpaired) electrons. The zero-order valence-corrected chi connectivity index (χ0v) is 14.0. The number of amides is 1. The van der Waals surface area contributed by atoms with Gasteiger partial charge in [0.25, 0.3) is 5.91 Å². The van der Waals surface area contributed by atoms with Crippen molar-refractivity contribution in [3.8, 4) is 17.3 Å². The van der Waals surface area contributed by atoms with Crippen LogP contribution in [0.1, 0.15) is 22.2 Å². The maximum Gasteiger partial charge on any atom is 0.253 e. The van der Waals surface area contributed by atoms with Gasteiger partial charge in [-0.2, -0.15) is 4.98 Å². The number of furan rings is 1. The van der Waals surface area contributed by atoms with E-state index in [2.05, 4.69) is 25.7 Å². The van der Waals surface area contributed by atoms with E-state index in [0.717, 1.165) is 5.69 Å². The van der Waals surface area contributed by atoms with E-state index in [0.29, 0.717) is 36.1 Å². The van der Waals surface area contributed by atoms with Crippen molar-refractivity contribution in [1.82, 2.24) is 35.2 Å². The Hall–Kier alpha value is -3.82. The van der Waals surface area contributed by atoms with Gasteiger partial charge in [-0.15, -0.1) is 5.10 Å². The van der Waals surface area contributed by atoms with Crippen LogP contribution >= 0.6 is 0 Å². The van der Waals surface area contributed by atoms with Crippen LogP contribution in [0.2, 0.25) is 0 Å². The van der Waals surface area contributed by atoms with Gasteiger partial charge in [0.2, 0.25) is 11.7 Å². The second kappa shape index (κ2) is 6.16. The first-order valence-electron chi connectivity index (χ1n) is 8.28. The Morgan fingerprint density at radius 2 is 2.11 bits per heavy atom. The first-order chi connectivity index (χ1) is 13.3. The molecule has 10 nitrogen and oxygen atoms in total. The molecule has 0 aliphatic carbocycles. The number of aromatic nitrogens is 6. The lowest BCUT2D eigenvalue weighted by atomic mass is 9.98. The molecule has 0 N–H and O–H groups in total. The van der Waals surface area contributed by atoms with E-state index in [1.807, 2.05) is 6.07 Å². The number of benzene rings is 1. The highest BCUT2D eigenvalue weighted by atomic mass is 16.5. The predicted octanol–water partition coefficient (Wildman–Crippen LogP) is 1.54. The van der Waals surface area contributed by atoms with Crippen molar-refractivity contribution in [2.24, 2.45) is 0 Å². The monoisotopic (exact) mass is 363 g/mol. The molecule has 0 spiro atoms. The summed E-state index contributed by atoms with van der Waals surface area (Å²) in [6.45, 7) is 1.04. The second-order valence-electron chi connectivity index (χ2n) is 6.15. The summed E-state index contributed by atoms with van der Waals surface area (Å²) in [5, 5.41) is 15.0. The molecule has 0 atom stereocenters. The lowest BCUT2D eigenvalue weighted by Crippen LogP contribution is -2.48. The molecule has 3 aromatic heterocycles. The molecule has 5 rings (SSSR count). The van der Waals surface area contributed by atoms with Gasteiger partial charge in [0.05, 0.1) is 17.9 Å². The highest BCUT2D eigenvalue weighted by Crippen LogP contribution is 2.29. The summed E-state index contributed by atoms with van der Waals surface area (Å²) in [6.07, 6.45) is 3.04. The van der Waals surface area contributed by atoms with Crippen molar-refractivity contribution < 1.29 is 13.7 Å². The average Bonchev–Trinajstić information content (AvgIpc) is 3.41. The molecule has 4 aromatic rings. The molecular formula is C17H13N7O3. The number of tetrazole rings is 1. The molecular weight excluding hydrogens is 350 g/mol. The smallest absolute Gasteiger partial charge is 0.253 e. The Morgan fingerprint density at radius 1 is 1.19 bits per heavy atom. The fourth-order valence-corrected chi connectivity index (χ4v) is 2.95. The van der Waals surface area contributed by atoms with Crippen molar-refractivity contribution in [2.45, 2.75) is 5.92 Å². The van der Waals surface area contributed by atoms with E-state index < -0.39 is 0 Å². The van der Waals surface area contributed by atoms with E-state index in [-0.39, 0.29) is 11.8 Å². The normalized spacial score (nSPS) is 14.3. The Morgan fingerprint density at radius 3 is 2.89 bits per heavy atom. The highest BCUT2D eigenvalue weighted by molar-refractivity contribution is 5.95. The highest BCUT2D eigenvalue weighted by Gasteiger charge is 2.36. The van der Waals surface area contributed by atoms with Gasteiger partial charge >= 0.3 is 0 Å². The minimum Gasteiger partial charge on any atom is -0.461 e. The van der Waals surface area contributed by atoms with Gasteiger partial charge in [-0.05, 0) is 40.8 Å². The van der Waals surface area contributed by atoms with Crippen LogP contribution in [0, 0.1) is 0 Å². The molecule has 0 saturated carbocycles. The summed E-state index contributed by atoms with van der Waals surface area (Å²) in [5.74, 6) is 1.43. The van der Waals surface area contributed by atoms with Crippen molar-refractivity contribution >= 4 is 5.91 Å². The summed E-state index contributed by atoms with van der Waals surface area (Å²) in [5.41, 5.74) is 1.30. The van der Waals surface area contributed by atoms with Crippen LogP contribution in [0.5, 0.6) is 0 Å². The van der Waals surface area contributed by atoms with Crippen LogP contribution in [0.3, 0.4) is 0 Å². The third-order valence-corrected chi connectivity index (χ3v) is 4.41. The molecule has 1 aliphatic heterocycles. The van der Waals surface area contributed by atoms with Gasteiger partial charge in [0.15, 0.2) is 5.76 Å². The average molecular weight is 363 g/mol. The zero-order valence-electron chi connectivity index (χ0n) is 14.0. The summed E-state index contributed by atoms with van der Waals surface area (Å²) in [7, 11) is 0. The van der Waals surface area contributed by atoms with Gasteiger partial charge < -0.3 is 13.8 Å². The number of hydrogen-bond acceptors (Lipinski definition) is 8. The van der Waals surface area contributed by atoms with Crippen molar-refractivity contribution in [3.63, 3.8) is 0 Å². The quantitative estimate of drug-likeness (QED) is 0.536. The lowest BCUT2D eigenvalue weighted by molar-refractivity contribution is 0.0569. The third-order valence-electron chi connectivity index (χ3n) is 4.41. The predicted molar refractivity (Wildman–Crippen MR) is 89.8 cm³/mol. The number of likely N-dealkylation sites (tertiary alicyclic amines) is 1. The van der Waals surface area contributed by atoms with Crippen LogP contribution < -0.4 is 0 Å². The van der Waals surface area contributed by atoms with Crippen LogP contribution in [-0.4, -0.2) is 54.2 Å². The van der Waals surface area contributed by atoms with Crippen molar-refractivity contribution in [1.29, 1.82) is 0 Å². The molecule has 0 unspecified atom stereocenters. The number of carbonyl (C=O) groups excluding carboxylic acids is 1. The number of rotatable bonds is 4. The summed E-state index contributed by atoms with van der Waals surface area (Å²) in [4.78, 5) is 18.8. The Kier molecular flexibility index (Phi) is 3.52. The maximum absolute atomic E-state index is 12.7.